The molecule has 6 rings (SSSR count). The van der Waals surface area contributed by atoms with Gasteiger partial charge in [-0.15, -0.1) is 0 Å². The number of benzene rings is 3. The Morgan fingerprint density at radius 1 is 0.837 bits per heavy atom. The van der Waals surface area contributed by atoms with E-state index in [9.17, 15) is 14.4 Å². The monoisotopic (exact) mass is 583 g/mol. The SMILES string of the molecule is COc1ccc(C(O[C@@H]2CC(=O)N[C@H]3C[C@H](n4cc(C)c(=O)[nH]c4=O)O[C@@H]32)(c2ccccc2)c2ccc(OC)cc2)cc1. The fourth-order valence-corrected chi connectivity index (χ4v) is 6.08. The van der Waals surface area contributed by atoms with Crippen molar-refractivity contribution in [2.24, 2.45) is 0 Å². The van der Waals surface area contributed by atoms with E-state index >= 15 is 0 Å². The minimum absolute atomic E-state index is 0.0499. The van der Waals surface area contributed by atoms with Crippen molar-refractivity contribution in [3.05, 3.63) is 128 Å². The van der Waals surface area contributed by atoms with Crippen LogP contribution >= 0.6 is 0 Å². The Bertz CT molecular complexity index is 1670. The van der Waals surface area contributed by atoms with E-state index < -0.39 is 41.3 Å². The fraction of sp³-hybridized carbons (Fsp3) is 0.303. The summed E-state index contributed by atoms with van der Waals surface area (Å²) in [6, 6.07) is 24.8. The number of carbonyl (C=O) groups excluding carboxylic acids is 1. The molecule has 222 valence electrons. The van der Waals surface area contributed by atoms with E-state index in [1.807, 2.05) is 78.9 Å². The Morgan fingerprint density at radius 2 is 1.42 bits per heavy atom. The number of ether oxygens (including phenoxy) is 4. The zero-order valence-corrected chi connectivity index (χ0v) is 24.1. The minimum Gasteiger partial charge on any atom is -0.497 e. The molecule has 2 fully saturated rings. The Kier molecular flexibility index (Phi) is 7.64. The second-order valence-corrected chi connectivity index (χ2v) is 10.8. The summed E-state index contributed by atoms with van der Waals surface area (Å²) in [5, 5.41) is 3.02. The third kappa shape index (κ3) is 5.24. The summed E-state index contributed by atoms with van der Waals surface area (Å²) in [7, 11) is 3.23. The van der Waals surface area contributed by atoms with Gasteiger partial charge in [0.15, 0.2) is 0 Å². The molecule has 4 atom stereocenters. The average molecular weight is 584 g/mol. The Labute approximate surface area is 248 Å². The molecular formula is C33H33N3O7. The molecule has 2 aliphatic rings. The van der Waals surface area contributed by atoms with Crippen molar-refractivity contribution in [3.63, 3.8) is 0 Å². The summed E-state index contributed by atoms with van der Waals surface area (Å²) in [6.45, 7) is 1.63. The van der Waals surface area contributed by atoms with E-state index in [-0.39, 0.29) is 12.3 Å². The largest absolute Gasteiger partial charge is 0.497 e. The van der Waals surface area contributed by atoms with E-state index in [0.717, 1.165) is 16.7 Å². The number of amides is 1. The lowest BCUT2D eigenvalue weighted by Gasteiger charge is -2.42. The number of methoxy groups -OCH3 is 2. The fourth-order valence-electron chi connectivity index (χ4n) is 6.08. The first kappa shape index (κ1) is 28.4. The maximum atomic E-state index is 13.1. The standard InChI is InChI=1S/C33H33N3O7/c1-20-19-36(32(39)35-31(20)38)29-17-26-30(42-29)27(18-28(37)34-26)43-33(21-7-5-4-6-8-21,22-9-13-24(40-2)14-10-22)23-11-15-25(41-3)16-12-23/h4-16,19,26-27,29-30H,17-18H2,1-3H3,(H,34,37)(H,35,38,39)/t26-,27+,29+,30-/m0/s1. The molecule has 2 aliphatic heterocycles. The smallest absolute Gasteiger partial charge is 0.330 e. The normalized spacial score (nSPS) is 21.6. The predicted molar refractivity (Wildman–Crippen MR) is 158 cm³/mol. The second kappa shape index (κ2) is 11.5. The minimum atomic E-state index is -1.15. The van der Waals surface area contributed by atoms with Crippen molar-refractivity contribution >= 4 is 5.91 Å². The van der Waals surface area contributed by atoms with Crippen LogP contribution in [0.5, 0.6) is 11.5 Å². The highest BCUT2D eigenvalue weighted by molar-refractivity contribution is 5.78. The second-order valence-electron chi connectivity index (χ2n) is 10.8. The van der Waals surface area contributed by atoms with Crippen LogP contribution in [-0.2, 0) is 19.9 Å². The summed E-state index contributed by atoms with van der Waals surface area (Å²) in [6.07, 6.45) is -0.0757. The van der Waals surface area contributed by atoms with Gasteiger partial charge in [0.1, 0.15) is 29.4 Å². The molecule has 2 N–H and O–H groups in total. The topological polar surface area (TPSA) is 121 Å². The molecule has 0 unspecified atom stereocenters. The van der Waals surface area contributed by atoms with E-state index in [0.29, 0.717) is 23.5 Å². The third-order valence-corrected chi connectivity index (χ3v) is 8.22. The molecule has 43 heavy (non-hydrogen) atoms. The number of piperidine rings is 1. The highest BCUT2D eigenvalue weighted by atomic mass is 16.6. The molecule has 3 aromatic carbocycles. The zero-order chi connectivity index (χ0) is 30.1. The maximum Gasteiger partial charge on any atom is 0.330 e. The van der Waals surface area contributed by atoms with Crippen LogP contribution < -0.4 is 26.0 Å². The van der Waals surface area contributed by atoms with Crippen LogP contribution in [0.1, 0.15) is 41.3 Å². The molecule has 0 aliphatic carbocycles. The molecule has 1 amide bonds. The third-order valence-electron chi connectivity index (χ3n) is 8.22. The summed E-state index contributed by atoms with van der Waals surface area (Å²) in [5.74, 6) is 1.22. The molecule has 0 saturated carbocycles. The first-order valence-electron chi connectivity index (χ1n) is 14.1. The number of H-pyrrole nitrogens is 1. The highest BCUT2D eigenvalue weighted by Crippen LogP contribution is 2.45. The molecule has 4 aromatic rings. The molecule has 0 spiro atoms. The number of carbonyl (C=O) groups is 1. The first-order chi connectivity index (χ1) is 20.8. The molecule has 1 aromatic heterocycles. The van der Waals surface area contributed by atoms with E-state index in [2.05, 4.69) is 10.3 Å². The summed E-state index contributed by atoms with van der Waals surface area (Å²) in [4.78, 5) is 40.1. The van der Waals surface area contributed by atoms with Gasteiger partial charge in [-0.1, -0.05) is 54.6 Å². The van der Waals surface area contributed by atoms with Crippen LogP contribution in [0.4, 0.5) is 0 Å². The molecule has 3 heterocycles. The average Bonchev–Trinajstić information content (AvgIpc) is 3.46. The van der Waals surface area contributed by atoms with Gasteiger partial charge in [0, 0.05) is 18.2 Å². The summed E-state index contributed by atoms with van der Waals surface area (Å²) < 4.78 is 25.9. The van der Waals surface area contributed by atoms with Gasteiger partial charge in [-0.3, -0.25) is 19.1 Å². The van der Waals surface area contributed by atoms with Gasteiger partial charge in [0.25, 0.3) is 5.56 Å². The lowest BCUT2D eigenvalue weighted by molar-refractivity contribution is -0.157. The van der Waals surface area contributed by atoms with Gasteiger partial charge in [0.2, 0.25) is 5.91 Å². The number of rotatable bonds is 8. The number of aromatic nitrogens is 2. The maximum absolute atomic E-state index is 13.1. The van der Waals surface area contributed by atoms with E-state index in [4.69, 9.17) is 18.9 Å². The van der Waals surface area contributed by atoms with Crippen molar-refractivity contribution in [3.8, 4) is 11.5 Å². The van der Waals surface area contributed by atoms with E-state index in [1.165, 1.54) is 10.8 Å². The lowest BCUT2D eigenvalue weighted by Crippen LogP contribution is -2.55. The summed E-state index contributed by atoms with van der Waals surface area (Å²) >= 11 is 0. The summed E-state index contributed by atoms with van der Waals surface area (Å²) in [5.41, 5.74) is 0.728. The van der Waals surface area contributed by atoms with Gasteiger partial charge in [-0.05, 0) is 47.9 Å². The quantitative estimate of drug-likeness (QED) is 0.305. The molecule has 2 saturated heterocycles. The molecule has 0 radical (unpaired) electrons. The molecular weight excluding hydrogens is 550 g/mol. The van der Waals surface area contributed by atoms with Crippen LogP contribution in [0.2, 0.25) is 0 Å². The number of aryl methyl sites for hydroxylation is 1. The van der Waals surface area contributed by atoms with Crippen molar-refractivity contribution in [1.29, 1.82) is 0 Å². The van der Waals surface area contributed by atoms with Gasteiger partial charge < -0.3 is 24.3 Å². The number of nitrogens with zero attached hydrogens (tertiary/aromatic N) is 1. The van der Waals surface area contributed by atoms with Gasteiger partial charge in [0.05, 0.1) is 32.8 Å². The molecule has 10 nitrogen and oxygen atoms in total. The number of hydrogen-bond acceptors (Lipinski definition) is 7. The number of aromatic amines is 1. The lowest BCUT2D eigenvalue weighted by atomic mass is 9.79. The van der Waals surface area contributed by atoms with Crippen molar-refractivity contribution in [2.45, 2.75) is 49.8 Å². The van der Waals surface area contributed by atoms with Crippen LogP contribution in [0.25, 0.3) is 0 Å². The molecule has 10 heteroatoms. The first-order valence-corrected chi connectivity index (χ1v) is 14.1. The number of nitrogens with one attached hydrogen (secondary N) is 2. The van der Waals surface area contributed by atoms with Crippen LogP contribution in [-0.4, -0.2) is 47.9 Å². The Morgan fingerprint density at radius 3 is 2.00 bits per heavy atom. The van der Waals surface area contributed by atoms with Crippen molar-refractivity contribution in [2.75, 3.05) is 14.2 Å². The van der Waals surface area contributed by atoms with Gasteiger partial charge in [-0.25, -0.2) is 4.79 Å². The Balaban J connectivity index is 1.47. The predicted octanol–water partition coefficient (Wildman–Crippen LogP) is 3.42. The highest BCUT2D eigenvalue weighted by Gasteiger charge is 2.50. The molecule has 0 bridgehead atoms. The van der Waals surface area contributed by atoms with Crippen LogP contribution in [0.15, 0.2) is 94.6 Å². The zero-order valence-electron chi connectivity index (χ0n) is 24.1. The van der Waals surface area contributed by atoms with Crippen molar-refractivity contribution < 1.29 is 23.7 Å². The van der Waals surface area contributed by atoms with Crippen LogP contribution in [0.3, 0.4) is 0 Å². The Hall–Kier alpha value is -4.67. The van der Waals surface area contributed by atoms with Gasteiger partial charge in [-0.2, -0.15) is 0 Å². The van der Waals surface area contributed by atoms with Crippen LogP contribution in [0, 0.1) is 6.92 Å². The van der Waals surface area contributed by atoms with Gasteiger partial charge >= 0.3 is 5.69 Å². The van der Waals surface area contributed by atoms with E-state index in [1.54, 1.807) is 21.1 Å². The number of hydrogen-bond donors (Lipinski definition) is 2. The van der Waals surface area contributed by atoms with Crippen molar-refractivity contribution in [1.82, 2.24) is 14.9 Å². The number of fused-ring (bicyclic) bond motifs is 1.